The highest BCUT2D eigenvalue weighted by Gasteiger charge is 2.54. The molecule has 0 aromatic carbocycles. The molecule has 0 spiro atoms. The Morgan fingerprint density at radius 2 is 1.93 bits per heavy atom. The van der Waals surface area contributed by atoms with E-state index in [1.165, 1.54) is 0 Å². The first-order valence-electron chi connectivity index (χ1n) is 9.46. The number of Topliss-reactive ketones (excluding diaryl/α,β-unsaturated/α-hetero) is 1. The molecule has 2 aliphatic heterocycles. The van der Waals surface area contributed by atoms with Crippen molar-refractivity contribution >= 4 is 17.2 Å². The average molecular weight is 393 g/mol. The summed E-state index contributed by atoms with van der Waals surface area (Å²) in [5.74, 6) is -3.00. The molecule has 5 nitrogen and oxygen atoms in total. The Morgan fingerprint density at radius 1 is 1.21 bits per heavy atom. The van der Waals surface area contributed by atoms with Crippen LogP contribution in [0.25, 0.3) is 0 Å². The van der Waals surface area contributed by atoms with Gasteiger partial charge in [-0.15, -0.1) is 0 Å². The third kappa shape index (κ3) is 3.34. The Labute approximate surface area is 161 Å². The zero-order valence-electron chi connectivity index (χ0n) is 15.5. The van der Waals surface area contributed by atoms with E-state index < -0.39 is 24.0 Å². The Balaban J connectivity index is 1.54. The zero-order chi connectivity index (χ0) is 20.1. The fraction of sp³-hybridized carbons (Fsp3) is 0.550. The molecule has 150 valence electrons. The SMILES string of the molecule is Cc1cncc(N2CCC(C3=NCC4=C3[C@@H](C(F)(F)F)[C@@H](O)C(=O)C4)CC2)c1. The number of anilines is 1. The Bertz CT molecular complexity index is 854. The second kappa shape index (κ2) is 6.99. The number of alkyl halides is 3. The maximum Gasteiger partial charge on any atom is 0.398 e. The van der Waals surface area contributed by atoms with E-state index in [0.29, 0.717) is 37.2 Å². The summed E-state index contributed by atoms with van der Waals surface area (Å²) in [5.41, 5.74) is 3.03. The third-order valence-electron chi connectivity index (χ3n) is 5.90. The lowest BCUT2D eigenvalue weighted by Crippen LogP contribution is -2.46. The number of piperidine rings is 1. The second-order valence-corrected chi connectivity index (χ2v) is 7.81. The molecular formula is C20H22F3N3O2. The van der Waals surface area contributed by atoms with Gasteiger partial charge in [-0.3, -0.25) is 14.8 Å². The Morgan fingerprint density at radius 3 is 2.57 bits per heavy atom. The summed E-state index contributed by atoms with van der Waals surface area (Å²) in [4.78, 5) is 22.6. The lowest BCUT2D eigenvalue weighted by molar-refractivity contribution is -0.190. The number of rotatable bonds is 2. The van der Waals surface area contributed by atoms with Crippen LogP contribution in [0.1, 0.15) is 24.8 Å². The van der Waals surface area contributed by atoms with Crippen molar-refractivity contribution in [1.29, 1.82) is 0 Å². The number of nitrogens with zero attached hydrogens (tertiary/aromatic N) is 3. The Hall–Kier alpha value is -2.22. The van der Waals surface area contributed by atoms with E-state index >= 15 is 0 Å². The van der Waals surface area contributed by atoms with Gasteiger partial charge in [-0.05, 0) is 42.5 Å². The molecule has 3 heterocycles. The van der Waals surface area contributed by atoms with Crippen LogP contribution in [0.4, 0.5) is 18.9 Å². The van der Waals surface area contributed by atoms with Crippen LogP contribution in [-0.2, 0) is 4.79 Å². The highest BCUT2D eigenvalue weighted by Crippen LogP contribution is 2.45. The van der Waals surface area contributed by atoms with Crippen LogP contribution >= 0.6 is 0 Å². The molecule has 3 aliphatic rings. The molecule has 1 aromatic rings. The van der Waals surface area contributed by atoms with Crippen LogP contribution < -0.4 is 4.90 Å². The average Bonchev–Trinajstić information content (AvgIpc) is 3.04. The highest BCUT2D eigenvalue weighted by atomic mass is 19.4. The minimum atomic E-state index is -4.67. The van der Waals surface area contributed by atoms with Gasteiger partial charge in [0.05, 0.1) is 18.4 Å². The van der Waals surface area contributed by atoms with Crippen LogP contribution in [0.15, 0.2) is 34.6 Å². The van der Waals surface area contributed by atoms with Crippen molar-refractivity contribution in [2.45, 2.75) is 38.5 Å². The number of carbonyl (C=O) groups is 1. The first-order valence-corrected chi connectivity index (χ1v) is 9.46. The maximum absolute atomic E-state index is 13.6. The number of hydrogen-bond acceptors (Lipinski definition) is 5. The fourth-order valence-corrected chi connectivity index (χ4v) is 4.54. The smallest absolute Gasteiger partial charge is 0.384 e. The van der Waals surface area contributed by atoms with Crippen LogP contribution in [0.5, 0.6) is 0 Å². The molecule has 1 saturated heterocycles. The van der Waals surface area contributed by atoms with E-state index in [1.807, 2.05) is 13.0 Å². The van der Waals surface area contributed by atoms with Crippen molar-refractivity contribution < 1.29 is 23.1 Å². The molecule has 0 bridgehead atoms. The second-order valence-electron chi connectivity index (χ2n) is 7.81. The summed E-state index contributed by atoms with van der Waals surface area (Å²) in [6, 6.07) is 2.05. The Kier molecular flexibility index (Phi) is 4.77. The van der Waals surface area contributed by atoms with Crippen LogP contribution in [0, 0.1) is 18.8 Å². The molecular weight excluding hydrogens is 371 g/mol. The van der Waals surface area contributed by atoms with E-state index in [4.69, 9.17) is 0 Å². The monoisotopic (exact) mass is 393 g/mol. The molecule has 8 heteroatoms. The number of aliphatic imine (C=N–C) groups is 1. The molecule has 0 radical (unpaired) electrons. The molecule has 1 N–H and O–H groups in total. The number of aromatic nitrogens is 1. The molecule has 0 unspecified atom stereocenters. The van der Waals surface area contributed by atoms with Crippen molar-refractivity contribution in [3.63, 3.8) is 0 Å². The number of aliphatic hydroxyl groups excluding tert-OH is 1. The van der Waals surface area contributed by atoms with Crippen molar-refractivity contribution in [1.82, 2.24) is 4.98 Å². The normalized spacial score (nSPS) is 26.5. The van der Waals surface area contributed by atoms with Crippen LogP contribution in [0.3, 0.4) is 0 Å². The van der Waals surface area contributed by atoms with Crippen molar-refractivity contribution in [3.05, 3.63) is 35.2 Å². The number of pyridine rings is 1. The number of hydrogen-bond donors (Lipinski definition) is 1. The topological polar surface area (TPSA) is 65.8 Å². The number of aryl methyl sites for hydroxylation is 1. The number of ketones is 1. The molecule has 0 saturated carbocycles. The largest absolute Gasteiger partial charge is 0.398 e. The third-order valence-corrected chi connectivity index (χ3v) is 5.90. The predicted molar refractivity (Wildman–Crippen MR) is 98.4 cm³/mol. The van der Waals surface area contributed by atoms with E-state index in [-0.39, 0.29) is 24.5 Å². The summed E-state index contributed by atoms with van der Waals surface area (Å²) in [7, 11) is 0. The zero-order valence-corrected chi connectivity index (χ0v) is 15.5. The molecule has 2 atom stereocenters. The molecule has 0 amide bonds. The minimum Gasteiger partial charge on any atom is -0.384 e. The van der Waals surface area contributed by atoms with E-state index in [1.54, 1.807) is 12.4 Å². The molecule has 1 aliphatic carbocycles. The molecule has 4 rings (SSSR count). The van der Waals surface area contributed by atoms with Crippen LogP contribution in [-0.4, -0.2) is 53.5 Å². The van der Waals surface area contributed by atoms with Crippen molar-refractivity contribution in [3.8, 4) is 0 Å². The predicted octanol–water partition coefficient (Wildman–Crippen LogP) is 2.87. The number of aliphatic hydroxyl groups is 1. The number of halogens is 3. The first-order chi connectivity index (χ1) is 13.3. The van der Waals surface area contributed by atoms with Crippen molar-refractivity contribution in [2.75, 3.05) is 24.5 Å². The van der Waals surface area contributed by atoms with Gasteiger partial charge < -0.3 is 10.0 Å². The maximum atomic E-state index is 13.6. The summed E-state index contributed by atoms with van der Waals surface area (Å²) in [6.07, 6.45) is -1.90. The van der Waals surface area contributed by atoms with Gasteiger partial charge in [-0.1, -0.05) is 0 Å². The lowest BCUT2D eigenvalue weighted by atomic mass is 9.74. The highest BCUT2D eigenvalue weighted by molar-refractivity contribution is 6.08. The quantitative estimate of drug-likeness (QED) is 0.839. The van der Waals surface area contributed by atoms with Gasteiger partial charge in [0.15, 0.2) is 5.78 Å². The van der Waals surface area contributed by atoms with E-state index in [2.05, 4.69) is 14.9 Å². The van der Waals surface area contributed by atoms with Gasteiger partial charge in [-0.2, -0.15) is 13.2 Å². The van der Waals surface area contributed by atoms with Gasteiger partial charge in [-0.25, -0.2) is 0 Å². The summed E-state index contributed by atoms with van der Waals surface area (Å²) >= 11 is 0. The fourth-order valence-electron chi connectivity index (χ4n) is 4.54. The van der Waals surface area contributed by atoms with Gasteiger partial charge in [0.25, 0.3) is 0 Å². The summed E-state index contributed by atoms with van der Waals surface area (Å²) < 4.78 is 40.9. The van der Waals surface area contributed by atoms with Gasteiger partial charge in [0.2, 0.25) is 0 Å². The number of carbonyl (C=O) groups excluding carboxylic acids is 1. The summed E-state index contributed by atoms with van der Waals surface area (Å²) in [5, 5.41) is 9.98. The lowest BCUT2D eigenvalue weighted by Gasteiger charge is -2.37. The molecule has 1 fully saturated rings. The minimum absolute atomic E-state index is 0.0790. The van der Waals surface area contributed by atoms with Crippen molar-refractivity contribution in [2.24, 2.45) is 16.8 Å². The van der Waals surface area contributed by atoms with Gasteiger partial charge in [0, 0.05) is 37.3 Å². The standard InChI is InChI=1S/C20H22F3N3O2/c1-11-6-14(10-24-8-11)26-4-2-12(3-5-26)18-16-13(9-25-18)7-15(27)19(28)17(16)20(21,22)23/h6,8,10,12,17,19,28H,2-5,7,9H2,1H3/t17-,19+/m1/s1. The first kappa shape index (κ1) is 19.1. The van der Waals surface area contributed by atoms with Crippen LogP contribution in [0.2, 0.25) is 0 Å². The summed E-state index contributed by atoms with van der Waals surface area (Å²) in [6.45, 7) is 3.51. The molecule has 28 heavy (non-hydrogen) atoms. The van der Waals surface area contributed by atoms with E-state index in [9.17, 15) is 23.1 Å². The molecule has 1 aromatic heterocycles. The van der Waals surface area contributed by atoms with E-state index in [0.717, 1.165) is 11.3 Å². The van der Waals surface area contributed by atoms with Gasteiger partial charge >= 0.3 is 6.18 Å². The van der Waals surface area contributed by atoms with Gasteiger partial charge in [0.1, 0.15) is 12.0 Å².